The number of benzene rings is 2. The van der Waals surface area contributed by atoms with Crippen LogP contribution in [0.25, 0.3) is 0 Å². The molecule has 3 N–H and O–H groups in total. The van der Waals surface area contributed by atoms with E-state index in [9.17, 15) is 9.18 Å². The molecule has 0 fully saturated rings. The highest BCUT2D eigenvalue weighted by Crippen LogP contribution is 2.21. The van der Waals surface area contributed by atoms with Gasteiger partial charge >= 0.3 is 0 Å². The average molecular weight is 258 g/mol. The lowest BCUT2D eigenvalue weighted by molar-refractivity contribution is -0.117. The van der Waals surface area contributed by atoms with Gasteiger partial charge in [-0.2, -0.15) is 0 Å². The molecular weight excluding hydrogens is 243 g/mol. The summed E-state index contributed by atoms with van der Waals surface area (Å²) in [4.78, 5) is 10.9. The highest BCUT2D eigenvalue weighted by atomic mass is 19.1. The topological polar surface area (TPSA) is 55.1 Å². The van der Waals surface area contributed by atoms with Crippen molar-refractivity contribution in [2.45, 2.75) is 6.04 Å². The van der Waals surface area contributed by atoms with Crippen LogP contribution in [0.2, 0.25) is 0 Å². The quantitative estimate of drug-likeness (QED) is 0.861. The second-order valence-corrected chi connectivity index (χ2v) is 4.24. The minimum Gasteiger partial charge on any atom is -0.369 e. The third kappa shape index (κ3) is 3.63. The maximum atomic E-state index is 13.0. The Morgan fingerprint density at radius 2 is 1.63 bits per heavy atom. The van der Waals surface area contributed by atoms with Crippen molar-refractivity contribution in [1.29, 1.82) is 0 Å². The Bertz CT molecular complexity index is 540. The molecular formula is C15H15FN2O. The first kappa shape index (κ1) is 13.2. The van der Waals surface area contributed by atoms with Crippen molar-refractivity contribution in [3.05, 3.63) is 71.5 Å². The summed E-state index contributed by atoms with van der Waals surface area (Å²) in [6.45, 7) is 0.0664. The molecule has 0 radical (unpaired) electrons. The first-order chi connectivity index (χ1) is 9.16. The molecule has 1 amide bonds. The molecule has 2 rings (SSSR count). The molecule has 3 nitrogen and oxygen atoms in total. The fourth-order valence-corrected chi connectivity index (χ4v) is 1.93. The molecule has 0 heterocycles. The van der Waals surface area contributed by atoms with Gasteiger partial charge in [0.25, 0.3) is 0 Å². The standard InChI is InChI=1S/C15H15FN2O/c16-13-8-6-12(7-9-13)15(18-10-14(17)19)11-4-2-1-3-5-11/h1-9,15,18H,10H2,(H2,17,19). The lowest BCUT2D eigenvalue weighted by Gasteiger charge is -2.19. The van der Waals surface area contributed by atoms with Gasteiger partial charge in [-0.3, -0.25) is 10.1 Å². The molecule has 1 atom stereocenters. The SMILES string of the molecule is NC(=O)CNC(c1ccccc1)c1ccc(F)cc1. The van der Waals surface area contributed by atoms with Crippen molar-refractivity contribution in [2.24, 2.45) is 5.73 Å². The number of hydrogen-bond acceptors (Lipinski definition) is 2. The lowest BCUT2D eigenvalue weighted by Crippen LogP contribution is -2.32. The van der Waals surface area contributed by atoms with Crippen LogP contribution in [0.1, 0.15) is 17.2 Å². The number of rotatable bonds is 5. The monoisotopic (exact) mass is 258 g/mol. The van der Waals surface area contributed by atoms with Crippen LogP contribution in [0.5, 0.6) is 0 Å². The van der Waals surface area contributed by atoms with E-state index in [1.165, 1.54) is 12.1 Å². The molecule has 2 aromatic rings. The van der Waals surface area contributed by atoms with Gasteiger partial charge < -0.3 is 5.73 Å². The normalized spacial score (nSPS) is 12.1. The van der Waals surface area contributed by atoms with Crippen LogP contribution in [-0.4, -0.2) is 12.5 Å². The van der Waals surface area contributed by atoms with Gasteiger partial charge in [0.2, 0.25) is 5.91 Å². The fourth-order valence-electron chi connectivity index (χ4n) is 1.93. The summed E-state index contributed by atoms with van der Waals surface area (Å²) in [6, 6.07) is 15.6. The summed E-state index contributed by atoms with van der Waals surface area (Å²) in [6.07, 6.45) is 0. The van der Waals surface area contributed by atoms with Crippen LogP contribution in [0.15, 0.2) is 54.6 Å². The van der Waals surface area contributed by atoms with Crippen molar-refractivity contribution in [2.75, 3.05) is 6.54 Å². The molecule has 0 spiro atoms. The van der Waals surface area contributed by atoms with E-state index in [1.54, 1.807) is 12.1 Å². The first-order valence-corrected chi connectivity index (χ1v) is 5.99. The smallest absolute Gasteiger partial charge is 0.231 e. The van der Waals surface area contributed by atoms with E-state index in [1.807, 2.05) is 30.3 Å². The van der Waals surface area contributed by atoms with Crippen molar-refractivity contribution in [3.8, 4) is 0 Å². The number of hydrogen-bond donors (Lipinski definition) is 2. The zero-order valence-electron chi connectivity index (χ0n) is 10.3. The number of nitrogens with one attached hydrogen (secondary N) is 1. The second-order valence-electron chi connectivity index (χ2n) is 4.24. The molecule has 0 aliphatic heterocycles. The predicted octanol–water partition coefficient (Wildman–Crippen LogP) is 1.99. The van der Waals surface area contributed by atoms with Crippen molar-refractivity contribution >= 4 is 5.91 Å². The van der Waals surface area contributed by atoms with Crippen LogP contribution in [0.4, 0.5) is 4.39 Å². The second kappa shape index (κ2) is 6.11. The Balaban J connectivity index is 2.28. The number of carbonyl (C=O) groups excluding carboxylic acids is 1. The summed E-state index contributed by atoms with van der Waals surface area (Å²) < 4.78 is 13.0. The largest absolute Gasteiger partial charge is 0.369 e. The number of nitrogens with two attached hydrogens (primary N) is 1. The third-order valence-corrected chi connectivity index (χ3v) is 2.82. The summed E-state index contributed by atoms with van der Waals surface area (Å²) in [5.41, 5.74) is 7.04. The zero-order chi connectivity index (χ0) is 13.7. The minimum absolute atomic E-state index is 0.0664. The average Bonchev–Trinajstić information content (AvgIpc) is 2.42. The lowest BCUT2D eigenvalue weighted by atomic mass is 9.98. The third-order valence-electron chi connectivity index (χ3n) is 2.82. The van der Waals surface area contributed by atoms with E-state index < -0.39 is 5.91 Å². The Morgan fingerprint density at radius 1 is 1.05 bits per heavy atom. The molecule has 4 heteroatoms. The highest BCUT2D eigenvalue weighted by molar-refractivity contribution is 5.76. The molecule has 0 saturated carbocycles. The van der Waals surface area contributed by atoms with Gasteiger partial charge in [-0.25, -0.2) is 4.39 Å². The van der Waals surface area contributed by atoms with Crippen LogP contribution in [0, 0.1) is 5.82 Å². The van der Waals surface area contributed by atoms with Crippen LogP contribution >= 0.6 is 0 Å². The Labute approximate surface area is 111 Å². The molecule has 98 valence electrons. The Hall–Kier alpha value is -2.20. The molecule has 0 saturated heterocycles. The summed E-state index contributed by atoms with van der Waals surface area (Å²) in [7, 11) is 0. The molecule has 19 heavy (non-hydrogen) atoms. The van der Waals surface area contributed by atoms with Gasteiger partial charge in [-0.15, -0.1) is 0 Å². The molecule has 1 unspecified atom stereocenters. The van der Waals surface area contributed by atoms with Crippen molar-refractivity contribution in [1.82, 2.24) is 5.32 Å². The van der Waals surface area contributed by atoms with Gasteiger partial charge in [0, 0.05) is 0 Å². The highest BCUT2D eigenvalue weighted by Gasteiger charge is 2.14. The summed E-state index contributed by atoms with van der Waals surface area (Å²) >= 11 is 0. The Kier molecular flexibility index (Phi) is 4.26. The number of halogens is 1. The van der Waals surface area contributed by atoms with E-state index in [4.69, 9.17) is 5.73 Å². The van der Waals surface area contributed by atoms with Gasteiger partial charge in [0.05, 0.1) is 12.6 Å². The summed E-state index contributed by atoms with van der Waals surface area (Å²) in [5.74, 6) is -0.714. The van der Waals surface area contributed by atoms with Gasteiger partial charge in [0.15, 0.2) is 0 Å². The van der Waals surface area contributed by atoms with Crippen LogP contribution < -0.4 is 11.1 Å². The summed E-state index contributed by atoms with van der Waals surface area (Å²) in [5, 5.41) is 3.07. The number of amides is 1. The molecule has 0 aliphatic rings. The van der Waals surface area contributed by atoms with Gasteiger partial charge in [-0.05, 0) is 23.3 Å². The van der Waals surface area contributed by atoms with Gasteiger partial charge in [-0.1, -0.05) is 42.5 Å². The number of carbonyl (C=O) groups is 1. The van der Waals surface area contributed by atoms with E-state index in [0.717, 1.165) is 11.1 Å². The van der Waals surface area contributed by atoms with Crippen molar-refractivity contribution < 1.29 is 9.18 Å². The van der Waals surface area contributed by atoms with E-state index in [0.29, 0.717) is 0 Å². The fraction of sp³-hybridized carbons (Fsp3) is 0.133. The maximum Gasteiger partial charge on any atom is 0.231 e. The molecule has 0 aromatic heterocycles. The number of primary amides is 1. The van der Waals surface area contributed by atoms with Gasteiger partial charge in [0.1, 0.15) is 5.82 Å². The molecule has 2 aromatic carbocycles. The Morgan fingerprint density at radius 3 is 2.21 bits per heavy atom. The first-order valence-electron chi connectivity index (χ1n) is 5.99. The van der Waals surface area contributed by atoms with Crippen molar-refractivity contribution in [3.63, 3.8) is 0 Å². The maximum absolute atomic E-state index is 13.0. The van der Waals surface area contributed by atoms with E-state index in [-0.39, 0.29) is 18.4 Å². The molecule has 0 bridgehead atoms. The minimum atomic E-state index is -0.428. The predicted molar refractivity (Wildman–Crippen MR) is 71.9 cm³/mol. The van der Waals surface area contributed by atoms with E-state index in [2.05, 4.69) is 5.32 Å². The zero-order valence-corrected chi connectivity index (χ0v) is 10.3. The van der Waals surface area contributed by atoms with Crippen LogP contribution in [-0.2, 0) is 4.79 Å². The van der Waals surface area contributed by atoms with E-state index >= 15 is 0 Å². The van der Waals surface area contributed by atoms with Crippen LogP contribution in [0.3, 0.4) is 0 Å². The molecule has 0 aliphatic carbocycles.